The van der Waals surface area contributed by atoms with E-state index in [1.54, 1.807) is 12.1 Å². The van der Waals surface area contributed by atoms with Crippen molar-refractivity contribution in [2.45, 2.75) is 0 Å². The molecule has 2 rings (SSSR count). The smallest absolute Gasteiger partial charge is 0.151 e. The van der Waals surface area contributed by atoms with Crippen LogP contribution < -0.4 is 21.7 Å². The van der Waals surface area contributed by atoms with Gasteiger partial charge in [-0.1, -0.05) is 48.5 Å². The fourth-order valence-corrected chi connectivity index (χ4v) is 1.96. The lowest BCUT2D eigenvalue weighted by atomic mass is 10.1. The van der Waals surface area contributed by atoms with Crippen molar-refractivity contribution in [3.63, 3.8) is 0 Å². The maximum atomic E-state index is 8.94. The second-order valence-corrected chi connectivity index (χ2v) is 4.70. The van der Waals surface area contributed by atoms with Crippen LogP contribution in [0.2, 0.25) is 0 Å². The van der Waals surface area contributed by atoms with E-state index >= 15 is 0 Å². The van der Waals surface area contributed by atoms with Crippen LogP contribution in [0.25, 0.3) is 11.8 Å². The Morgan fingerprint density at radius 2 is 1.96 bits per heavy atom. The molecule has 0 atom stereocenters. The van der Waals surface area contributed by atoms with Crippen LogP contribution in [0.3, 0.4) is 0 Å². The Kier molecular flexibility index (Phi) is 5.81. The van der Waals surface area contributed by atoms with Crippen molar-refractivity contribution in [2.24, 2.45) is 11.6 Å². The molecule has 0 aliphatic carbocycles. The predicted molar refractivity (Wildman–Crippen MR) is 91.5 cm³/mol. The van der Waals surface area contributed by atoms with E-state index in [2.05, 4.69) is 5.43 Å². The number of hydrogen-bond donors (Lipinski definition) is 3. The SMILES string of the molecule is N#C/C(NN)=C(/N)c1cccc(OC/C=C/c2ccccc2)c1. The molecular weight excluding hydrogens is 288 g/mol. The number of nitrogens with zero attached hydrogens (tertiary/aromatic N) is 1. The van der Waals surface area contributed by atoms with Crippen LogP contribution in [0.5, 0.6) is 5.75 Å². The van der Waals surface area contributed by atoms with Crippen molar-refractivity contribution >= 4 is 11.8 Å². The molecule has 5 nitrogen and oxygen atoms in total. The lowest BCUT2D eigenvalue weighted by Crippen LogP contribution is -2.23. The molecule has 0 aliphatic rings. The van der Waals surface area contributed by atoms with E-state index < -0.39 is 0 Å². The molecule has 0 aliphatic heterocycles. The first-order valence-corrected chi connectivity index (χ1v) is 7.06. The summed E-state index contributed by atoms with van der Waals surface area (Å²) < 4.78 is 5.67. The molecule has 0 bridgehead atoms. The Morgan fingerprint density at radius 3 is 2.65 bits per heavy atom. The number of nitrogens with one attached hydrogen (secondary N) is 1. The Balaban J connectivity index is 2.02. The quantitative estimate of drug-likeness (QED) is 0.432. The van der Waals surface area contributed by atoms with Crippen molar-refractivity contribution in [2.75, 3.05) is 6.61 Å². The molecule has 0 radical (unpaired) electrons. The molecule has 0 saturated heterocycles. The molecule has 23 heavy (non-hydrogen) atoms. The maximum Gasteiger partial charge on any atom is 0.151 e. The number of hydrogen-bond acceptors (Lipinski definition) is 5. The fraction of sp³-hybridized carbons (Fsp3) is 0.0556. The summed E-state index contributed by atoms with van der Waals surface area (Å²) in [7, 11) is 0. The molecule has 5 N–H and O–H groups in total. The maximum absolute atomic E-state index is 8.94. The highest BCUT2D eigenvalue weighted by Crippen LogP contribution is 2.18. The summed E-state index contributed by atoms with van der Waals surface area (Å²) >= 11 is 0. The third kappa shape index (κ3) is 4.63. The van der Waals surface area contributed by atoms with Crippen molar-refractivity contribution in [3.8, 4) is 11.8 Å². The zero-order valence-electron chi connectivity index (χ0n) is 12.6. The molecule has 116 valence electrons. The van der Waals surface area contributed by atoms with Gasteiger partial charge in [0.1, 0.15) is 18.4 Å². The van der Waals surface area contributed by atoms with Crippen LogP contribution in [0.15, 0.2) is 66.4 Å². The minimum Gasteiger partial charge on any atom is -0.490 e. The second-order valence-electron chi connectivity index (χ2n) is 4.70. The van der Waals surface area contributed by atoms with E-state index in [1.165, 1.54) is 0 Å². The first-order valence-electron chi connectivity index (χ1n) is 7.06. The lowest BCUT2D eigenvalue weighted by Gasteiger charge is -2.08. The summed E-state index contributed by atoms with van der Waals surface area (Å²) in [5.41, 5.74) is 10.4. The molecule has 0 amide bonds. The number of allylic oxidation sites excluding steroid dienone is 1. The van der Waals surface area contributed by atoms with Crippen molar-refractivity contribution in [3.05, 3.63) is 77.5 Å². The van der Waals surface area contributed by atoms with E-state index in [-0.39, 0.29) is 11.4 Å². The number of benzene rings is 2. The normalized spacial score (nSPS) is 11.7. The number of ether oxygens (including phenoxy) is 1. The van der Waals surface area contributed by atoms with E-state index in [1.807, 2.05) is 60.7 Å². The number of rotatable bonds is 6. The van der Waals surface area contributed by atoms with Crippen LogP contribution in [0, 0.1) is 11.3 Å². The molecular formula is C18H18N4O. The first kappa shape index (κ1) is 16.1. The minimum atomic E-state index is 0.117. The Morgan fingerprint density at radius 1 is 1.17 bits per heavy atom. The first-order chi connectivity index (χ1) is 11.2. The molecule has 0 aromatic heterocycles. The van der Waals surface area contributed by atoms with Gasteiger partial charge >= 0.3 is 0 Å². The number of nitriles is 1. The van der Waals surface area contributed by atoms with Crippen LogP contribution in [0.4, 0.5) is 0 Å². The van der Waals surface area contributed by atoms with Crippen molar-refractivity contribution in [1.82, 2.24) is 5.43 Å². The molecule has 0 heterocycles. The highest BCUT2D eigenvalue weighted by Gasteiger charge is 2.05. The Labute approximate surface area is 135 Å². The van der Waals surface area contributed by atoms with Crippen molar-refractivity contribution < 1.29 is 4.74 Å². The molecule has 2 aromatic rings. The van der Waals surface area contributed by atoms with Gasteiger partial charge in [-0.25, -0.2) is 5.84 Å². The van der Waals surface area contributed by atoms with Gasteiger partial charge in [0.05, 0.1) is 5.70 Å². The molecule has 0 unspecified atom stereocenters. The second kappa shape index (κ2) is 8.27. The van der Waals surface area contributed by atoms with Gasteiger partial charge in [0.25, 0.3) is 0 Å². The fourth-order valence-electron chi connectivity index (χ4n) is 1.96. The van der Waals surface area contributed by atoms with Crippen LogP contribution in [-0.4, -0.2) is 6.61 Å². The summed E-state index contributed by atoms with van der Waals surface area (Å²) in [5, 5.41) is 8.94. The van der Waals surface area contributed by atoms with E-state index in [0.717, 1.165) is 5.56 Å². The summed E-state index contributed by atoms with van der Waals surface area (Å²) in [4.78, 5) is 0. The van der Waals surface area contributed by atoms with Gasteiger partial charge in [-0.3, -0.25) is 0 Å². The van der Waals surface area contributed by atoms with Gasteiger partial charge in [0.2, 0.25) is 0 Å². The Hall–Kier alpha value is -3.23. The van der Waals surface area contributed by atoms with Gasteiger partial charge in [0, 0.05) is 5.56 Å². The number of nitrogens with two attached hydrogens (primary N) is 2. The summed E-state index contributed by atoms with van der Waals surface area (Å²) in [6, 6.07) is 19.1. The van der Waals surface area contributed by atoms with Gasteiger partial charge in [0.15, 0.2) is 5.70 Å². The average molecular weight is 306 g/mol. The summed E-state index contributed by atoms with van der Waals surface area (Å²) in [5.74, 6) is 5.93. The van der Waals surface area contributed by atoms with Gasteiger partial charge in [-0.05, 0) is 23.8 Å². The molecule has 0 saturated carbocycles. The van der Waals surface area contributed by atoms with Crippen LogP contribution >= 0.6 is 0 Å². The predicted octanol–water partition coefficient (Wildman–Crippen LogP) is 2.39. The van der Waals surface area contributed by atoms with E-state index in [0.29, 0.717) is 17.9 Å². The zero-order valence-corrected chi connectivity index (χ0v) is 12.6. The van der Waals surface area contributed by atoms with Gasteiger partial charge < -0.3 is 15.9 Å². The number of hydrazine groups is 1. The topological polar surface area (TPSA) is 97.1 Å². The standard InChI is InChI=1S/C18H18N4O/c19-13-17(22-21)18(20)15-9-4-10-16(12-15)23-11-5-8-14-6-2-1-3-7-14/h1-10,12,22H,11,20-21H2/b8-5+,18-17-. The summed E-state index contributed by atoms with van der Waals surface area (Å²) in [6.45, 7) is 0.433. The molecule has 5 heteroatoms. The highest BCUT2D eigenvalue weighted by molar-refractivity contribution is 5.69. The van der Waals surface area contributed by atoms with Crippen LogP contribution in [0.1, 0.15) is 11.1 Å². The lowest BCUT2D eigenvalue weighted by molar-refractivity contribution is 0.363. The zero-order chi connectivity index (χ0) is 16.5. The summed E-state index contributed by atoms with van der Waals surface area (Å²) in [6.07, 6.45) is 3.92. The van der Waals surface area contributed by atoms with E-state index in [9.17, 15) is 0 Å². The third-order valence-corrected chi connectivity index (χ3v) is 3.13. The minimum absolute atomic E-state index is 0.117. The van der Waals surface area contributed by atoms with Crippen molar-refractivity contribution in [1.29, 1.82) is 5.26 Å². The van der Waals surface area contributed by atoms with Gasteiger partial charge in [-0.2, -0.15) is 5.26 Å². The molecule has 0 spiro atoms. The molecule has 0 fully saturated rings. The monoisotopic (exact) mass is 306 g/mol. The Bertz CT molecular complexity index is 745. The van der Waals surface area contributed by atoms with E-state index in [4.69, 9.17) is 21.6 Å². The third-order valence-electron chi connectivity index (χ3n) is 3.13. The highest BCUT2D eigenvalue weighted by atomic mass is 16.5. The van der Waals surface area contributed by atoms with Gasteiger partial charge in [-0.15, -0.1) is 0 Å². The average Bonchev–Trinajstić information content (AvgIpc) is 2.61. The van der Waals surface area contributed by atoms with Crippen LogP contribution in [-0.2, 0) is 0 Å². The molecule has 2 aromatic carbocycles. The largest absolute Gasteiger partial charge is 0.490 e.